The number of rotatable bonds is 3. The number of anilines is 1. The van der Waals surface area contributed by atoms with Gasteiger partial charge >= 0.3 is 12.3 Å². The molecule has 0 aliphatic carbocycles. The average Bonchev–Trinajstić information content (AvgIpc) is 3.21. The Morgan fingerprint density at radius 2 is 1.97 bits per heavy atom. The van der Waals surface area contributed by atoms with Crippen molar-refractivity contribution in [3.05, 3.63) is 29.6 Å². The predicted molar refractivity (Wildman–Crippen MR) is 104 cm³/mol. The van der Waals surface area contributed by atoms with Crippen LogP contribution >= 0.6 is 0 Å². The first kappa shape index (κ1) is 21.0. The number of pyridine rings is 1. The Bertz CT molecular complexity index is 1040. The minimum Gasteiger partial charge on any atom is -0.465 e. The van der Waals surface area contributed by atoms with E-state index in [1.165, 1.54) is 11.1 Å². The topological polar surface area (TPSA) is 98.3 Å². The Balaban J connectivity index is 1.68. The van der Waals surface area contributed by atoms with Crippen LogP contribution < -0.4 is 4.90 Å². The lowest BCUT2D eigenvalue weighted by atomic mass is 10.0. The van der Waals surface area contributed by atoms with Gasteiger partial charge in [-0.1, -0.05) is 0 Å². The number of piperidine rings is 1. The molecule has 1 atom stereocenters. The van der Waals surface area contributed by atoms with Gasteiger partial charge in [0.1, 0.15) is 17.5 Å². The molecule has 2 aliphatic rings. The van der Waals surface area contributed by atoms with Gasteiger partial charge in [0.2, 0.25) is 0 Å². The highest BCUT2D eigenvalue weighted by atomic mass is 19.4. The number of halogens is 3. The van der Waals surface area contributed by atoms with Gasteiger partial charge in [-0.3, -0.25) is 4.68 Å². The number of amides is 1. The summed E-state index contributed by atoms with van der Waals surface area (Å²) in [6, 6.07) is 2.57. The SMILES string of the molecule is C[C@H]1CCN1c1nc(-c2cnn(C3CCN(C(=O)O)CC3)c2)cc(C(F)(F)F)c1C#N. The summed E-state index contributed by atoms with van der Waals surface area (Å²) >= 11 is 0. The second-order valence-corrected chi connectivity index (χ2v) is 7.90. The average molecular weight is 434 g/mol. The van der Waals surface area contributed by atoms with Crippen molar-refractivity contribution in [2.24, 2.45) is 0 Å². The van der Waals surface area contributed by atoms with Crippen LogP contribution in [-0.4, -0.2) is 56.5 Å². The fourth-order valence-electron chi connectivity index (χ4n) is 4.04. The van der Waals surface area contributed by atoms with E-state index in [0.29, 0.717) is 38.0 Å². The van der Waals surface area contributed by atoms with Crippen LogP contribution in [-0.2, 0) is 6.18 Å². The molecule has 11 heteroatoms. The minimum atomic E-state index is -4.69. The highest BCUT2D eigenvalue weighted by molar-refractivity contribution is 5.69. The summed E-state index contributed by atoms with van der Waals surface area (Å²) in [5, 5.41) is 22.8. The largest absolute Gasteiger partial charge is 0.465 e. The first-order valence-electron chi connectivity index (χ1n) is 10.0. The lowest BCUT2D eigenvalue weighted by molar-refractivity contribution is -0.137. The number of alkyl halides is 3. The van der Waals surface area contributed by atoms with Crippen molar-refractivity contribution in [3.8, 4) is 17.3 Å². The number of likely N-dealkylation sites (tertiary alicyclic amines) is 1. The Morgan fingerprint density at radius 1 is 1.26 bits per heavy atom. The van der Waals surface area contributed by atoms with Gasteiger partial charge in [0.15, 0.2) is 0 Å². The fraction of sp³-hybridized carbons (Fsp3) is 0.500. The molecule has 0 spiro atoms. The van der Waals surface area contributed by atoms with Crippen LogP contribution in [0.3, 0.4) is 0 Å². The van der Waals surface area contributed by atoms with Gasteiger partial charge in [0, 0.05) is 37.4 Å². The van der Waals surface area contributed by atoms with Crippen molar-refractivity contribution in [2.45, 2.75) is 44.4 Å². The molecule has 4 rings (SSSR count). The Morgan fingerprint density at radius 3 is 2.48 bits per heavy atom. The number of nitrogens with zero attached hydrogens (tertiary/aromatic N) is 6. The lowest BCUT2D eigenvalue weighted by Gasteiger charge is -2.40. The highest BCUT2D eigenvalue weighted by Gasteiger charge is 2.38. The summed E-state index contributed by atoms with van der Waals surface area (Å²) in [6.45, 7) is 3.18. The molecule has 2 fully saturated rings. The summed E-state index contributed by atoms with van der Waals surface area (Å²) in [5.41, 5.74) is -0.937. The quantitative estimate of drug-likeness (QED) is 0.790. The molecule has 1 N–H and O–H groups in total. The zero-order valence-electron chi connectivity index (χ0n) is 16.8. The molecule has 2 saturated heterocycles. The van der Waals surface area contributed by atoms with E-state index in [9.17, 15) is 23.2 Å². The molecule has 2 aromatic rings. The minimum absolute atomic E-state index is 0.0121. The zero-order valence-corrected chi connectivity index (χ0v) is 16.8. The van der Waals surface area contributed by atoms with E-state index in [2.05, 4.69) is 10.1 Å². The van der Waals surface area contributed by atoms with Crippen LogP contribution in [0.2, 0.25) is 0 Å². The molecule has 0 radical (unpaired) electrons. The Kier molecular flexibility index (Phi) is 5.24. The number of hydrogen-bond acceptors (Lipinski definition) is 5. The number of carboxylic acid groups (broad SMARTS) is 1. The first-order valence-corrected chi connectivity index (χ1v) is 10.0. The van der Waals surface area contributed by atoms with Crippen LogP contribution in [0, 0.1) is 11.3 Å². The van der Waals surface area contributed by atoms with E-state index in [-0.39, 0.29) is 23.6 Å². The van der Waals surface area contributed by atoms with Crippen molar-refractivity contribution < 1.29 is 23.1 Å². The Hall–Kier alpha value is -3.29. The summed E-state index contributed by atoms with van der Waals surface area (Å²) in [6.07, 6.45) is -0.595. The molecule has 1 amide bonds. The molecule has 0 saturated carbocycles. The molecule has 0 aromatic carbocycles. The van der Waals surface area contributed by atoms with Crippen LogP contribution in [0.5, 0.6) is 0 Å². The van der Waals surface area contributed by atoms with Crippen molar-refractivity contribution in [1.82, 2.24) is 19.7 Å². The third-order valence-electron chi connectivity index (χ3n) is 6.02. The third-order valence-corrected chi connectivity index (χ3v) is 6.02. The normalized spacial score (nSPS) is 19.8. The molecule has 0 unspecified atom stereocenters. The summed E-state index contributed by atoms with van der Waals surface area (Å²) in [7, 11) is 0. The molecular formula is C20H21F3N6O2. The maximum Gasteiger partial charge on any atom is 0.417 e. The van der Waals surface area contributed by atoms with Crippen molar-refractivity contribution in [3.63, 3.8) is 0 Å². The maximum absolute atomic E-state index is 13.7. The smallest absolute Gasteiger partial charge is 0.417 e. The number of hydrogen-bond donors (Lipinski definition) is 1. The monoisotopic (exact) mass is 434 g/mol. The number of carbonyl (C=O) groups is 1. The van der Waals surface area contributed by atoms with E-state index in [4.69, 9.17) is 5.11 Å². The van der Waals surface area contributed by atoms with Gasteiger partial charge in [0.05, 0.1) is 23.5 Å². The van der Waals surface area contributed by atoms with Crippen molar-refractivity contribution >= 4 is 11.9 Å². The lowest BCUT2D eigenvalue weighted by Crippen LogP contribution is -2.46. The van der Waals surface area contributed by atoms with Gasteiger partial charge in [-0.25, -0.2) is 9.78 Å². The van der Waals surface area contributed by atoms with E-state index in [1.807, 2.05) is 6.92 Å². The fourth-order valence-corrected chi connectivity index (χ4v) is 4.04. The van der Waals surface area contributed by atoms with Crippen LogP contribution in [0.25, 0.3) is 11.3 Å². The van der Waals surface area contributed by atoms with Crippen LogP contribution in [0.1, 0.15) is 43.4 Å². The molecule has 2 aliphatic heterocycles. The maximum atomic E-state index is 13.7. The van der Waals surface area contributed by atoms with Gasteiger partial charge in [-0.2, -0.15) is 23.5 Å². The van der Waals surface area contributed by atoms with E-state index in [0.717, 1.165) is 12.5 Å². The van der Waals surface area contributed by atoms with E-state index >= 15 is 0 Å². The molecule has 2 aromatic heterocycles. The highest BCUT2D eigenvalue weighted by Crippen LogP contribution is 2.40. The van der Waals surface area contributed by atoms with Crippen molar-refractivity contribution in [2.75, 3.05) is 24.5 Å². The number of aromatic nitrogens is 3. The van der Waals surface area contributed by atoms with Gasteiger partial charge in [0.25, 0.3) is 0 Å². The summed E-state index contributed by atoms with van der Waals surface area (Å²) in [5.74, 6) is 0.0496. The molecule has 0 bridgehead atoms. The van der Waals surface area contributed by atoms with Crippen molar-refractivity contribution in [1.29, 1.82) is 5.26 Å². The zero-order chi connectivity index (χ0) is 22.3. The van der Waals surface area contributed by atoms with Gasteiger partial charge in [-0.15, -0.1) is 0 Å². The molecule has 164 valence electrons. The molecule has 8 nitrogen and oxygen atoms in total. The standard InChI is InChI=1S/C20H21F3N6O2/c1-12-2-7-28(12)18-15(9-24)16(20(21,22)23)8-17(26-18)13-10-25-29(11-13)14-3-5-27(6-4-14)19(30)31/h8,10-12,14H,2-7H2,1H3,(H,30,31)/t12-/m0/s1. The van der Waals surface area contributed by atoms with Crippen LogP contribution in [0.4, 0.5) is 23.8 Å². The molecular weight excluding hydrogens is 413 g/mol. The second-order valence-electron chi connectivity index (χ2n) is 7.90. The predicted octanol–water partition coefficient (Wildman–Crippen LogP) is 3.75. The first-order chi connectivity index (χ1) is 14.7. The third kappa shape index (κ3) is 3.89. The summed E-state index contributed by atoms with van der Waals surface area (Å²) < 4.78 is 42.8. The second kappa shape index (κ2) is 7.76. The molecule has 31 heavy (non-hydrogen) atoms. The number of nitriles is 1. The van der Waals surface area contributed by atoms with Gasteiger partial charge < -0.3 is 14.9 Å². The van der Waals surface area contributed by atoms with Crippen LogP contribution in [0.15, 0.2) is 18.5 Å². The van der Waals surface area contributed by atoms with E-state index in [1.54, 1.807) is 21.8 Å². The Labute approximate surface area is 176 Å². The van der Waals surface area contributed by atoms with E-state index < -0.39 is 23.4 Å². The molecule has 4 heterocycles. The summed E-state index contributed by atoms with van der Waals surface area (Å²) in [4.78, 5) is 18.5. The van der Waals surface area contributed by atoms with Gasteiger partial charge in [-0.05, 0) is 32.3 Å².